The van der Waals surface area contributed by atoms with Gasteiger partial charge in [-0.25, -0.2) is 12.8 Å². The minimum Gasteiger partial charge on any atom is -0.469 e. The van der Waals surface area contributed by atoms with Crippen LogP contribution in [-0.2, 0) is 26.0 Å². The predicted octanol–water partition coefficient (Wildman–Crippen LogP) is 6.37. The number of hydrogen-bond acceptors (Lipinski definition) is 5. The molecular formula is C27H21F4NO5S. The number of esters is 1. The number of carbonyl (C=O) groups is 1. The van der Waals surface area contributed by atoms with Gasteiger partial charge < -0.3 is 9.47 Å². The van der Waals surface area contributed by atoms with E-state index in [2.05, 4.69) is 9.46 Å². The summed E-state index contributed by atoms with van der Waals surface area (Å²) in [5, 5.41) is 1.29. The van der Waals surface area contributed by atoms with Gasteiger partial charge in [-0.15, -0.1) is 13.2 Å². The van der Waals surface area contributed by atoms with Crippen LogP contribution >= 0.6 is 0 Å². The van der Waals surface area contributed by atoms with Gasteiger partial charge in [0.25, 0.3) is 10.0 Å². The lowest BCUT2D eigenvalue weighted by atomic mass is 9.89. The van der Waals surface area contributed by atoms with E-state index < -0.39 is 33.9 Å². The van der Waals surface area contributed by atoms with Crippen LogP contribution in [0.25, 0.3) is 21.9 Å². The summed E-state index contributed by atoms with van der Waals surface area (Å²) in [6.45, 7) is 1.79. The molecule has 0 saturated carbocycles. The highest BCUT2D eigenvalue weighted by molar-refractivity contribution is 7.92. The lowest BCUT2D eigenvalue weighted by Gasteiger charge is -2.16. The second kappa shape index (κ2) is 10.3. The Morgan fingerprint density at radius 3 is 2.21 bits per heavy atom. The van der Waals surface area contributed by atoms with Crippen molar-refractivity contribution in [2.24, 2.45) is 0 Å². The standard InChI is InChI=1S/C27H21F4NO5S/c1-16-19(14-25(33)36-2)13-18-3-6-20(28)15-24(18)26(16)17-4-11-23(12-5-17)38(34,35)32-21-7-9-22(10-8-21)37-27(29,30)31/h3-13,15,32H,14H2,1-2H3. The number of sulfonamides is 1. The molecule has 4 rings (SSSR count). The summed E-state index contributed by atoms with van der Waals surface area (Å²) in [7, 11) is -2.80. The molecule has 0 amide bonds. The predicted molar refractivity (Wildman–Crippen MR) is 134 cm³/mol. The van der Waals surface area contributed by atoms with Crippen LogP contribution in [0.15, 0.2) is 77.7 Å². The van der Waals surface area contributed by atoms with Crippen molar-refractivity contribution in [1.29, 1.82) is 0 Å². The normalized spacial score (nSPS) is 11.8. The molecule has 0 unspecified atom stereocenters. The Morgan fingerprint density at radius 1 is 0.947 bits per heavy atom. The van der Waals surface area contributed by atoms with Gasteiger partial charge in [0.15, 0.2) is 0 Å². The Labute approximate surface area is 215 Å². The highest BCUT2D eigenvalue weighted by Crippen LogP contribution is 2.36. The third-order valence-corrected chi connectivity index (χ3v) is 7.22. The van der Waals surface area contributed by atoms with Crippen molar-refractivity contribution in [1.82, 2.24) is 0 Å². The molecule has 1 N–H and O–H groups in total. The zero-order chi connectivity index (χ0) is 27.7. The summed E-state index contributed by atoms with van der Waals surface area (Å²) in [5.74, 6) is -1.38. The number of nitrogens with one attached hydrogen (secondary N) is 1. The van der Waals surface area contributed by atoms with Gasteiger partial charge in [-0.3, -0.25) is 9.52 Å². The molecule has 0 fully saturated rings. The van der Waals surface area contributed by atoms with Crippen LogP contribution in [0.2, 0.25) is 0 Å². The smallest absolute Gasteiger partial charge is 0.469 e. The zero-order valence-electron chi connectivity index (χ0n) is 20.1. The first-order chi connectivity index (χ1) is 17.9. The highest BCUT2D eigenvalue weighted by Gasteiger charge is 2.31. The molecule has 0 radical (unpaired) electrons. The van der Waals surface area contributed by atoms with E-state index in [1.54, 1.807) is 31.2 Å². The van der Waals surface area contributed by atoms with Crippen LogP contribution in [0.4, 0.5) is 23.2 Å². The summed E-state index contributed by atoms with van der Waals surface area (Å²) >= 11 is 0. The van der Waals surface area contributed by atoms with E-state index in [-0.39, 0.29) is 17.0 Å². The van der Waals surface area contributed by atoms with Gasteiger partial charge in [-0.05, 0) is 88.5 Å². The van der Waals surface area contributed by atoms with Crippen LogP contribution in [-0.4, -0.2) is 27.9 Å². The monoisotopic (exact) mass is 547 g/mol. The number of anilines is 1. The first kappa shape index (κ1) is 26.9. The van der Waals surface area contributed by atoms with Crippen LogP contribution in [0, 0.1) is 12.7 Å². The van der Waals surface area contributed by atoms with Gasteiger partial charge in [0.1, 0.15) is 11.6 Å². The SMILES string of the molecule is COC(=O)Cc1cc2ccc(F)cc2c(-c2ccc(S(=O)(=O)Nc3ccc(OC(F)(F)F)cc3)cc2)c1C. The maximum Gasteiger partial charge on any atom is 0.573 e. The van der Waals surface area contributed by atoms with Crippen molar-refractivity contribution in [2.45, 2.75) is 24.6 Å². The van der Waals surface area contributed by atoms with Crippen LogP contribution < -0.4 is 9.46 Å². The first-order valence-electron chi connectivity index (χ1n) is 11.1. The lowest BCUT2D eigenvalue weighted by Crippen LogP contribution is -2.17. The van der Waals surface area contributed by atoms with E-state index in [0.717, 1.165) is 24.3 Å². The van der Waals surface area contributed by atoms with Crippen LogP contribution in [0.3, 0.4) is 0 Å². The second-order valence-electron chi connectivity index (χ2n) is 8.36. The minimum absolute atomic E-state index is 0.00579. The second-order valence-corrected chi connectivity index (χ2v) is 10.0. The zero-order valence-corrected chi connectivity index (χ0v) is 20.9. The minimum atomic E-state index is -4.86. The number of methoxy groups -OCH3 is 1. The molecule has 0 saturated heterocycles. The molecule has 0 aliphatic carbocycles. The van der Waals surface area contributed by atoms with Crippen LogP contribution in [0.1, 0.15) is 11.1 Å². The Kier molecular flexibility index (Phi) is 7.32. The van der Waals surface area contributed by atoms with Gasteiger partial charge in [0.2, 0.25) is 0 Å². The number of carbonyl (C=O) groups excluding carboxylic acids is 1. The van der Waals surface area contributed by atoms with Crippen molar-refractivity contribution in [3.63, 3.8) is 0 Å². The Morgan fingerprint density at radius 2 is 1.61 bits per heavy atom. The third-order valence-electron chi connectivity index (χ3n) is 5.83. The number of alkyl halides is 3. The molecule has 0 aliphatic rings. The fourth-order valence-corrected chi connectivity index (χ4v) is 5.11. The highest BCUT2D eigenvalue weighted by atomic mass is 32.2. The third kappa shape index (κ3) is 6.05. The molecule has 4 aromatic rings. The average molecular weight is 548 g/mol. The average Bonchev–Trinajstić information content (AvgIpc) is 2.85. The van der Waals surface area contributed by atoms with Gasteiger partial charge in [0.05, 0.1) is 18.4 Å². The number of rotatable bonds is 7. The molecule has 6 nitrogen and oxygen atoms in total. The van der Waals surface area contributed by atoms with Gasteiger partial charge in [0, 0.05) is 5.69 Å². The molecule has 0 aliphatic heterocycles. The van der Waals surface area contributed by atoms with E-state index in [1.165, 1.54) is 31.4 Å². The molecule has 0 bridgehead atoms. The van der Waals surface area contributed by atoms with Crippen molar-refractivity contribution in [3.8, 4) is 16.9 Å². The Bertz CT molecular complexity index is 1600. The maximum absolute atomic E-state index is 14.1. The molecule has 38 heavy (non-hydrogen) atoms. The van der Waals surface area contributed by atoms with Crippen molar-refractivity contribution in [3.05, 3.63) is 89.7 Å². The molecule has 198 valence electrons. The fourth-order valence-electron chi connectivity index (χ4n) is 4.05. The maximum atomic E-state index is 14.1. The van der Waals surface area contributed by atoms with Gasteiger partial charge in [-0.1, -0.05) is 24.3 Å². The fraction of sp³-hybridized carbons (Fsp3) is 0.148. The number of halogens is 4. The van der Waals surface area contributed by atoms with E-state index in [9.17, 15) is 30.8 Å². The number of hydrogen-bond donors (Lipinski definition) is 1. The quantitative estimate of drug-likeness (QED) is 0.215. The van der Waals surface area contributed by atoms with Gasteiger partial charge in [-0.2, -0.15) is 0 Å². The molecule has 0 atom stereocenters. The Balaban J connectivity index is 1.67. The molecule has 0 spiro atoms. The molecule has 0 heterocycles. The summed E-state index contributed by atoms with van der Waals surface area (Å²) in [4.78, 5) is 11.8. The summed E-state index contributed by atoms with van der Waals surface area (Å²) in [6, 6.07) is 16.2. The van der Waals surface area contributed by atoms with E-state index in [0.29, 0.717) is 33.0 Å². The number of benzene rings is 4. The topological polar surface area (TPSA) is 81.7 Å². The summed E-state index contributed by atoms with van der Waals surface area (Å²) < 4.78 is 87.8. The van der Waals surface area contributed by atoms with E-state index in [4.69, 9.17) is 4.74 Å². The lowest BCUT2D eigenvalue weighted by molar-refractivity contribution is -0.274. The van der Waals surface area contributed by atoms with Gasteiger partial charge >= 0.3 is 12.3 Å². The van der Waals surface area contributed by atoms with Crippen molar-refractivity contribution in [2.75, 3.05) is 11.8 Å². The summed E-state index contributed by atoms with van der Waals surface area (Å²) in [6.07, 6.45) is -4.86. The molecular weight excluding hydrogens is 526 g/mol. The van der Waals surface area contributed by atoms with Crippen molar-refractivity contribution < 1.29 is 40.2 Å². The number of fused-ring (bicyclic) bond motifs is 1. The number of ether oxygens (including phenoxy) is 2. The largest absolute Gasteiger partial charge is 0.573 e. The molecule has 11 heteroatoms. The Hall–Kier alpha value is -4.12. The van der Waals surface area contributed by atoms with Crippen LogP contribution in [0.5, 0.6) is 5.75 Å². The first-order valence-corrected chi connectivity index (χ1v) is 12.6. The van der Waals surface area contributed by atoms with E-state index >= 15 is 0 Å². The van der Waals surface area contributed by atoms with E-state index in [1.807, 2.05) is 0 Å². The van der Waals surface area contributed by atoms with Crippen molar-refractivity contribution >= 4 is 32.5 Å². The summed E-state index contributed by atoms with van der Waals surface area (Å²) in [5.41, 5.74) is 2.66. The molecule has 0 aromatic heterocycles. The molecule has 4 aromatic carbocycles.